The van der Waals surface area contributed by atoms with Crippen molar-refractivity contribution in [2.45, 2.75) is 17.5 Å². The second-order valence-electron chi connectivity index (χ2n) is 4.99. The van der Waals surface area contributed by atoms with E-state index in [1.807, 2.05) is 28.8 Å². The lowest BCUT2D eigenvalue weighted by Crippen LogP contribution is -2.03. The molecule has 0 aliphatic carbocycles. The highest BCUT2D eigenvalue weighted by molar-refractivity contribution is 7.98. The average molecular weight is 330 g/mol. The lowest BCUT2D eigenvalue weighted by Gasteiger charge is -2.07. The van der Waals surface area contributed by atoms with E-state index in [0.717, 1.165) is 15.2 Å². The first-order valence-corrected chi connectivity index (χ1v) is 8.01. The van der Waals surface area contributed by atoms with Crippen LogP contribution in [0.5, 0.6) is 0 Å². The van der Waals surface area contributed by atoms with E-state index in [1.54, 1.807) is 30.5 Å². The molecule has 4 nitrogen and oxygen atoms in total. The fourth-order valence-electron chi connectivity index (χ4n) is 2.57. The van der Waals surface area contributed by atoms with Gasteiger partial charge < -0.3 is 0 Å². The molecule has 116 valence electrons. The van der Waals surface area contributed by atoms with Crippen LogP contribution in [0.25, 0.3) is 16.6 Å². The molecular weight excluding hydrogens is 318 g/mol. The molecule has 23 heavy (non-hydrogen) atoms. The van der Waals surface area contributed by atoms with Gasteiger partial charge in [0, 0.05) is 6.20 Å². The maximum Gasteiger partial charge on any atom is 0.320 e. The Morgan fingerprint density at radius 3 is 2.78 bits per heavy atom. The molecule has 0 saturated carbocycles. The third kappa shape index (κ3) is 2.46. The van der Waals surface area contributed by atoms with E-state index in [2.05, 4.69) is 9.97 Å². The fraction of sp³-hybridized carbons (Fsp3) is 0.125. The van der Waals surface area contributed by atoms with Gasteiger partial charge in [-0.2, -0.15) is 8.78 Å². The fourth-order valence-corrected chi connectivity index (χ4v) is 3.46. The summed E-state index contributed by atoms with van der Waals surface area (Å²) in [5.74, 6) is 0.673. The van der Waals surface area contributed by atoms with Crippen LogP contribution in [0.15, 0.2) is 60.0 Å². The number of hydrogen-bond donors (Lipinski definition) is 0. The Hall–Kier alpha value is -2.41. The number of halogens is 2. The van der Waals surface area contributed by atoms with Crippen molar-refractivity contribution in [3.05, 3.63) is 60.7 Å². The molecule has 0 saturated heterocycles. The van der Waals surface area contributed by atoms with Crippen molar-refractivity contribution >= 4 is 28.3 Å². The standard InChI is InChI=1S/C16H12F2N4S/c17-15(18)22-13-7-2-1-6-12(13)20-14(22)10-23-16-19-9-11-5-3-4-8-21(11)16/h1-9,15H,10H2. The lowest BCUT2D eigenvalue weighted by atomic mass is 10.3. The van der Waals surface area contributed by atoms with Crippen LogP contribution >= 0.6 is 11.8 Å². The minimum absolute atomic E-state index is 0.326. The largest absolute Gasteiger partial charge is 0.320 e. The van der Waals surface area contributed by atoms with Crippen LogP contribution in [0.2, 0.25) is 0 Å². The molecule has 7 heteroatoms. The van der Waals surface area contributed by atoms with Crippen molar-refractivity contribution in [3.63, 3.8) is 0 Å². The molecule has 4 rings (SSSR count). The Kier molecular flexibility index (Phi) is 3.49. The number of fused-ring (bicyclic) bond motifs is 2. The van der Waals surface area contributed by atoms with Crippen molar-refractivity contribution in [2.24, 2.45) is 0 Å². The van der Waals surface area contributed by atoms with Gasteiger partial charge in [0.05, 0.1) is 28.5 Å². The normalized spacial score (nSPS) is 11.8. The number of para-hydroxylation sites is 2. The second kappa shape index (κ2) is 5.66. The highest BCUT2D eigenvalue weighted by atomic mass is 32.2. The maximum absolute atomic E-state index is 13.4. The monoisotopic (exact) mass is 330 g/mol. The van der Waals surface area contributed by atoms with Gasteiger partial charge in [0.1, 0.15) is 5.82 Å². The third-order valence-electron chi connectivity index (χ3n) is 3.60. The van der Waals surface area contributed by atoms with Crippen LogP contribution in [-0.4, -0.2) is 18.9 Å². The number of thioether (sulfide) groups is 1. The van der Waals surface area contributed by atoms with Gasteiger partial charge in [-0.3, -0.25) is 8.97 Å². The van der Waals surface area contributed by atoms with Crippen molar-refractivity contribution in [3.8, 4) is 0 Å². The molecule has 0 atom stereocenters. The van der Waals surface area contributed by atoms with Crippen LogP contribution in [-0.2, 0) is 5.75 Å². The van der Waals surface area contributed by atoms with Gasteiger partial charge >= 0.3 is 6.55 Å². The number of hydrogen-bond acceptors (Lipinski definition) is 3. The molecule has 0 fully saturated rings. The predicted molar refractivity (Wildman–Crippen MR) is 85.7 cm³/mol. The number of pyridine rings is 1. The van der Waals surface area contributed by atoms with Crippen LogP contribution in [0.4, 0.5) is 8.78 Å². The summed E-state index contributed by atoms with van der Waals surface area (Å²) in [6.45, 7) is -2.62. The summed E-state index contributed by atoms with van der Waals surface area (Å²) in [6.07, 6.45) is 3.67. The van der Waals surface area contributed by atoms with Crippen LogP contribution in [0.1, 0.15) is 12.4 Å². The molecule has 0 unspecified atom stereocenters. The summed E-state index contributed by atoms with van der Waals surface area (Å²) in [6, 6.07) is 12.7. The molecule has 3 heterocycles. The summed E-state index contributed by atoms with van der Waals surface area (Å²) in [5, 5.41) is 0.758. The van der Waals surface area contributed by atoms with Crippen molar-refractivity contribution in [1.82, 2.24) is 18.9 Å². The van der Waals surface area contributed by atoms with Crippen molar-refractivity contribution in [1.29, 1.82) is 0 Å². The SMILES string of the molecule is FC(F)n1c(CSc2ncc3ccccn23)nc2ccccc21. The van der Waals surface area contributed by atoms with E-state index in [0.29, 0.717) is 22.6 Å². The molecular formula is C16H12F2N4S. The Morgan fingerprint density at radius 2 is 1.91 bits per heavy atom. The van der Waals surface area contributed by atoms with Gasteiger partial charge in [-0.1, -0.05) is 30.0 Å². The quantitative estimate of drug-likeness (QED) is 0.521. The molecule has 3 aromatic heterocycles. The van der Waals surface area contributed by atoms with Gasteiger partial charge in [0.25, 0.3) is 0 Å². The van der Waals surface area contributed by atoms with Gasteiger partial charge in [0.2, 0.25) is 0 Å². The zero-order valence-corrected chi connectivity index (χ0v) is 12.8. The highest BCUT2D eigenvalue weighted by Crippen LogP contribution is 2.28. The lowest BCUT2D eigenvalue weighted by molar-refractivity contribution is 0.0722. The van der Waals surface area contributed by atoms with Crippen LogP contribution < -0.4 is 0 Å². The van der Waals surface area contributed by atoms with Gasteiger partial charge in [0.15, 0.2) is 5.16 Å². The van der Waals surface area contributed by atoms with Crippen molar-refractivity contribution < 1.29 is 8.78 Å². The van der Waals surface area contributed by atoms with E-state index in [1.165, 1.54) is 11.8 Å². The van der Waals surface area contributed by atoms with E-state index < -0.39 is 6.55 Å². The molecule has 0 spiro atoms. The first-order valence-electron chi connectivity index (χ1n) is 7.03. The molecule has 0 aliphatic heterocycles. The smallest absolute Gasteiger partial charge is 0.295 e. The Labute approximate surface area is 134 Å². The number of rotatable bonds is 4. The summed E-state index contributed by atoms with van der Waals surface area (Å²) >= 11 is 1.39. The van der Waals surface area contributed by atoms with Crippen LogP contribution in [0, 0.1) is 0 Å². The van der Waals surface area contributed by atoms with E-state index >= 15 is 0 Å². The maximum atomic E-state index is 13.4. The molecule has 1 aromatic carbocycles. The second-order valence-corrected chi connectivity index (χ2v) is 5.93. The summed E-state index contributed by atoms with van der Waals surface area (Å²) in [7, 11) is 0. The summed E-state index contributed by atoms with van der Waals surface area (Å²) in [5.41, 5.74) is 2.00. The van der Waals surface area contributed by atoms with Gasteiger partial charge in [-0.25, -0.2) is 9.97 Å². The zero-order valence-electron chi connectivity index (χ0n) is 11.9. The average Bonchev–Trinajstić information content (AvgIpc) is 3.13. The number of nitrogens with zero attached hydrogens (tertiary/aromatic N) is 4. The minimum atomic E-state index is -2.62. The van der Waals surface area contributed by atoms with E-state index in [9.17, 15) is 8.78 Å². The van der Waals surface area contributed by atoms with E-state index in [-0.39, 0.29) is 0 Å². The predicted octanol–water partition coefficient (Wildman–Crippen LogP) is 4.37. The molecule has 0 amide bonds. The Balaban J connectivity index is 1.69. The Morgan fingerprint density at radius 1 is 1.09 bits per heavy atom. The molecule has 0 aliphatic rings. The summed E-state index contributed by atoms with van der Waals surface area (Å²) in [4.78, 5) is 8.68. The van der Waals surface area contributed by atoms with Gasteiger partial charge in [-0.05, 0) is 24.3 Å². The topological polar surface area (TPSA) is 35.1 Å². The number of alkyl halides is 2. The number of benzene rings is 1. The minimum Gasteiger partial charge on any atom is -0.295 e. The number of imidazole rings is 2. The Bertz CT molecular complexity index is 976. The first kappa shape index (κ1) is 14.2. The molecule has 4 aromatic rings. The van der Waals surface area contributed by atoms with Crippen molar-refractivity contribution in [2.75, 3.05) is 0 Å². The first-order chi connectivity index (χ1) is 11.2. The number of aromatic nitrogens is 4. The van der Waals surface area contributed by atoms with E-state index in [4.69, 9.17) is 0 Å². The molecule has 0 radical (unpaired) electrons. The van der Waals surface area contributed by atoms with Gasteiger partial charge in [-0.15, -0.1) is 0 Å². The highest BCUT2D eigenvalue weighted by Gasteiger charge is 2.18. The van der Waals surface area contributed by atoms with Crippen LogP contribution in [0.3, 0.4) is 0 Å². The molecule has 0 bridgehead atoms. The third-order valence-corrected chi connectivity index (χ3v) is 4.56. The molecule has 0 N–H and O–H groups in total. The summed E-state index contributed by atoms with van der Waals surface area (Å²) < 4.78 is 29.7. The zero-order chi connectivity index (χ0) is 15.8.